The van der Waals surface area contributed by atoms with E-state index in [9.17, 15) is 21.6 Å². The van der Waals surface area contributed by atoms with Crippen molar-refractivity contribution in [3.8, 4) is 10.6 Å². The molecule has 5 nitrogen and oxygen atoms in total. The SMILES string of the molecule is Cc1nc(-c2cccnc2)sc1CNS(=O)(=O)c1cccc(C(F)(F)F)c1. The van der Waals surface area contributed by atoms with Crippen LogP contribution in [0.25, 0.3) is 10.6 Å². The Labute approximate surface area is 158 Å². The molecule has 0 fully saturated rings. The van der Waals surface area contributed by atoms with Crippen LogP contribution in [0.5, 0.6) is 0 Å². The summed E-state index contributed by atoms with van der Waals surface area (Å²) in [6.45, 7) is 1.67. The van der Waals surface area contributed by atoms with Crippen molar-refractivity contribution in [2.75, 3.05) is 0 Å². The molecule has 0 aliphatic rings. The summed E-state index contributed by atoms with van der Waals surface area (Å²) in [5.74, 6) is 0. The normalized spacial score (nSPS) is 12.3. The van der Waals surface area contributed by atoms with Crippen LogP contribution in [0, 0.1) is 6.92 Å². The highest BCUT2D eigenvalue weighted by Crippen LogP contribution is 2.31. The molecular formula is C17H14F3N3O2S2. The van der Waals surface area contributed by atoms with E-state index in [-0.39, 0.29) is 6.54 Å². The van der Waals surface area contributed by atoms with Crippen molar-refractivity contribution in [1.82, 2.24) is 14.7 Å². The summed E-state index contributed by atoms with van der Waals surface area (Å²) in [5, 5.41) is 0.689. The number of pyridine rings is 1. The predicted octanol–water partition coefficient (Wildman–Crippen LogP) is 4.01. The van der Waals surface area contributed by atoms with Crippen LogP contribution in [-0.4, -0.2) is 18.4 Å². The Morgan fingerprint density at radius 1 is 1.19 bits per heavy atom. The van der Waals surface area contributed by atoms with E-state index < -0.39 is 26.7 Å². The highest BCUT2D eigenvalue weighted by Gasteiger charge is 2.31. The Morgan fingerprint density at radius 2 is 1.96 bits per heavy atom. The molecule has 0 radical (unpaired) electrons. The Bertz CT molecular complexity index is 1050. The van der Waals surface area contributed by atoms with E-state index in [2.05, 4.69) is 14.7 Å². The third-order valence-electron chi connectivity index (χ3n) is 3.70. The molecular weight excluding hydrogens is 399 g/mol. The summed E-state index contributed by atoms with van der Waals surface area (Å²) in [6, 6.07) is 7.23. The molecule has 0 saturated heterocycles. The van der Waals surface area contributed by atoms with Gasteiger partial charge in [0, 0.05) is 29.4 Å². The van der Waals surface area contributed by atoms with E-state index >= 15 is 0 Å². The number of halogens is 3. The summed E-state index contributed by atoms with van der Waals surface area (Å²) in [4.78, 5) is 8.64. The molecule has 1 N–H and O–H groups in total. The molecule has 2 aromatic heterocycles. The number of hydrogen-bond donors (Lipinski definition) is 1. The Balaban J connectivity index is 1.80. The van der Waals surface area contributed by atoms with Gasteiger partial charge in [0.1, 0.15) is 5.01 Å². The van der Waals surface area contributed by atoms with Gasteiger partial charge in [-0.05, 0) is 37.3 Å². The molecule has 0 aliphatic carbocycles. The van der Waals surface area contributed by atoms with Crippen molar-refractivity contribution in [3.63, 3.8) is 0 Å². The van der Waals surface area contributed by atoms with Crippen LogP contribution >= 0.6 is 11.3 Å². The number of thiazole rings is 1. The molecule has 2 heterocycles. The summed E-state index contributed by atoms with van der Waals surface area (Å²) in [7, 11) is -4.10. The fourth-order valence-corrected chi connectivity index (χ4v) is 4.41. The molecule has 27 heavy (non-hydrogen) atoms. The zero-order chi connectivity index (χ0) is 19.7. The lowest BCUT2D eigenvalue weighted by atomic mass is 10.2. The van der Waals surface area contributed by atoms with E-state index in [0.717, 1.165) is 23.8 Å². The minimum Gasteiger partial charge on any atom is -0.264 e. The lowest BCUT2D eigenvalue weighted by Gasteiger charge is -2.10. The number of nitrogens with one attached hydrogen (secondary N) is 1. The van der Waals surface area contributed by atoms with E-state index in [1.54, 1.807) is 25.4 Å². The van der Waals surface area contributed by atoms with Gasteiger partial charge >= 0.3 is 6.18 Å². The minimum absolute atomic E-state index is 0.0671. The number of sulfonamides is 1. The maximum Gasteiger partial charge on any atom is 0.416 e. The number of benzene rings is 1. The fourth-order valence-electron chi connectivity index (χ4n) is 2.29. The summed E-state index contributed by atoms with van der Waals surface area (Å²) in [6.07, 6.45) is -1.33. The van der Waals surface area contributed by atoms with Crippen LogP contribution in [0.4, 0.5) is 13.2 Å². The Kier molecular flexibility index (Phi) is 5.31. The number of aryl methyl sites for hydroxylation is 1. The van der Waals surface area contributed by atoms with Crippen molar-refractivity contribution in [2.45, 2.75) is 24.5 Å². The Morgan fingerprint density at radius 3 is 2.63 bits per heavy atom. The van der Waals surface area contributed by atoms with Gasteiger partial charge in [0.15, 0.2) is 0 Å². The molecule has 3 rings (SSSR count). The molecule has 10 heteroatoms. The largest absolute Gasteiger partial charge is 0.416 e. The summed E-state index contributed by atoms with van der Waals surface area (Å²) < 4.78 is 65.5. The molecule has 3 aromatic rings. The lowest BCUT2D eigenvalue weighted by molar-refractivity contribution is -0.137. The van der Waals surface area contributed by atoms with E-state index in [0.29, 0.717) is 21.6 Å². The van der Waals surface area contributed by atoms with Crippen LogP contribution in [0.1, 0.15) is 16.1 Å². The number of aromatic nitrogens is 2. The average Bonchev–Trinajstić information content (AvgIpc) is 3.01. The van der Waals surface area contributed by atoms with Gasteiger partial charge in [0.2, 0.25) is 10.0 Å². The monoisotopic (exact) mass is 413 g/mol. The highest BCUT2D eigenvalue weighted by atomic mass is 32.2. The molecule has 0 saturated carbocycles. The number of hydrogen-bond acceptors (Lipinski definition) is 5. The Hall–Kier alpha value is -2.30. The van der Waals surface area contributed by atoms with Gasteiger partial charge in [-0.3, -0.25) is 4.98 Å². The molecule has 142 valence electrons. The number of rotatable bonds is 5. The van der Waals surface area contributed by atoms with Gasteiger partial charge in [-0.25, -0.2) is 18.1 Å². The zero-order valence-corrected chi connectivity index (χ0v) is 15.6. The molecule has 0 aliphatic heterocycles. The first-order valence-corrected chi connectivity index (χ1v) is 10.0. The standard InChI is InChI=1S/C17H14F3N3O2S2/c1-11-15(26-16(23-11)12-4-3-7-21-9-12)10-22-27(24,25)14-6-2-5-13(8-14)17(18,19)20/h2-9,22H,10H2,1H3. The van der Waals surface area contributed by atoms with Crippen molar-refractivity contribution in [2.24, 2.45) is 0 Å². The van der Waals surface area contributed by atoms with Crippen LogP contribution in [-0.2, 0) is 22.7 Å². The quantitative estimate of drug-likeness (QED) is 0.686. The summed E-state index contributed by atoms with van der Waals surface area (Å²) >= 11 is 1.30. The van der Waals surface area contributed by atoms with Gasteiger partial charge in [0.25, 0.3) is 0 Å². The topological polar surface area (TPSA) is 72.0 Å². The number of nitrogens with zero attached hydrogens (tertiary/aromatic N) is 2. The fraction of sp³-hybridized carbons (Fsp3) is 0.176. The van der Waals surface area contributed by atoms with E-state index in [1.807, 2.05) is 6.07 Å². The summed E-state index contributed by atoms with van der Waals surface area (Å²) in [5.41, 5.74) is 0.432. The molecule has 0 unspecified atom stereocenters. The van der Waals surface area contributed by atoms with Gasteiger partial charge in [-0.1, -0.05) is 6.07 Å². The molecule has 0 amide bonds. The first kappa shape index (κ1) is 19.5. The maximum atomic E-state index is 12.8. The third kappa shape index (κ3) is 4.52. The number of alkyl halides is 3. The second kappa shape index (κ2) is 7.37. The first-order valence-electron chi connectivity index (χ1n) is 7.70. The molecule has 1 aromatic carbocycles. The van der Waals surface area contributed by atoms with Gasteiger partial charge in [-0.2, -0.15) is 13.2 Å². The second-order valence-electron chi connectivity index (χ2n) is 5.62. The van der Waals surface area contributed by atoms with Crippen molar-refractivity contribution >= 4 is 21.4 Å². The van der Waals surface area contributed by atoms with Gasteiger partial charge in [0.05, 0.1) is 16.2 Å². The van der Waals surface area contributed by atoms with Crippen LogP contribution in [0.2, 0.25) is 0 Å². The zero-order valence-electron chi connectivity index (χ0n) is 14.0. The van der Waals surface area contributed by atoms with E-state index in [1.165, 1.54) is 11.3 Å². The van der Waals surface area contributed by atoms with Crippen molar-refractivity contribution < 1.29 is 21.6 Å². The molecule has 0 spiro atoms. The van der Waals surface area contributed by atoms with Crippen LogP contribution in [0.3, 0.4) is 0 Å². The third-order valence-corrected chi connectivity index (χ3v) is 6.30. The van der Waals surface area contributed by atoms with Gasteiger partial charge in [-0.15, -0.1) is 11.3 Å². The minimum atomic E-state index is -4.61. The van der Waals surface area contributed by atoms with Gasteiger partial charge < -0.3 is 0 Å². The lowest BCUT2D eigenvalue weighted by Crippen LogP contribution is -2.23. The van der Waals surface area contributed by atoms with Crippen molar-refractivity contribution in [3.05, 3.63) is 64.9 Å². The van der Waals surface area contributed by atoms with E-state index in [4.69, 9.17) is 0 Å². The average molecular weight is 413 g/mol. The first-order chi connectivity index (χ1) is 12.7. The van der Waals surface area contributed by atoms with Crippen molar-refractivity contribution in [1.29, 1.82) is 0 Å². The molecule has 0 atom stereocenters. The second-order valence-corrected chi connectivity index (χ2v) is 8.47. The highest BCUT2D eigenvalue weighted by molar-refractivity contribution is 7.89. The predicted molar refractivity (Wildman–Crippen MR) is 95.6 cm³/mol. The van der Waals surface area contributed by atoms with Crippen LogP contribution < -0.4 is 4.72 Å². The smallest absolute Gasteiger partial charge is 0.264 e. The molecule has 0 bridgehead atoms. The maximum absolute atomic E-state index is 12.8. The van der Waals surface area contributed by atoms with Crippen LogP contribution in [0.15, 0.2) is 53.7 Å².